The molecular formula is C21H18FNO3. The molecule has 0 aliphatic heterocycles. The number of carbonyl (C=O) groups excluding carboxylic acids is 2. The molecular weight excluding hydrogens is 333 g/mol. The first-order chi connectivity index (χ1) is 12.7. The van der Waals surface area contributed by atoms with Crippen molar-refractivity contribution < 1.29 is 18.7 Å². The Balaban J connectivity index is 1.57. The molecule has 5 heteroatoms. The Morgan fingerprint density at radius 1 is 1.04 bits per heavy atom. The number of ether oxygens (including phenoxy) is 1. The molecule has 4 nitrogen and oxygen atoms in total. The zero-order chi connectivity index (χ0) is 18.4. The molecule has 0 fully saturated rings. The van der Waals surface area contributed by atoms with Crippen LogP contribution < -0.4 is 10.1 Å². The number of fused-ring (bicyclic) bond motifs is 1. The van der Waals surface area contributed by atoms with E-state index >= 15 is 0 Å². The molecule has 0 aliphatic rings. The van der Waals surface area contributed by atoms with Crippen molar-refractivity contribution in [3.05, 3.63) is 77.6 Å². The van der Waals surface area contributed by atoms with Gasteiger partial charge >= 0.3 is 0 Å². The summed E-state index contributed by atoms with van der Waals surface area (Å²) in [7, 11) is 0. The summed E-state index contributed by atoms with van der Waals surface area (Å²) in [4.78, 5) is 23.4. The molecule has 0 unspecified atom stereocenters. The first-order valence-corrected chi connectivity index (χ1v) is 8.29. The van der Waals surface area contributed by atoms with E-state index in [0.717, 1.165) is 17.1 Å². The lowest BCUT2D eigenvalue weighted by atomic mass is 10.0. The average Bonchev–Trinajstić information content (AvgIpc) is 2.67. The topological polar surface area (TPSA) is 55.4 Å². The standard InChI is InChI=1S/C21H18FNO3/c22-19-8-4-2-6-16(19)11-12-23-21(25)14-26-20-10-9-15-5-1-3-7-17(15)18(20)13-24/h1-10,13H,11-12,14H2,(H,23,25). The molecule has 0 radical (unpaired) electrons. The van der Waals surface area contributed by atoms with Crippen LogP contribution >= 0.6 is 0 Å². The van der Waals surface area contributed by atoms with Crippen molar-refractivity contribution >= 4 is 23.0 Å². The Kier molecular flexibility index (Phi) is 5.59. The zero-order valence-corrected chi connectivity index (χ0v) is 14.1. The minimum Gasteiger partial charge on any atom is -0.483 e. The molecule has 3 aromatic rings. The van der Waals surface area contributed by atoms with Crippen LogP contribution in [0.25, 0.3) is 10.8 Å². The number of carbonyl (C=O) groups is 2. The molecule has 0 aromatic heterocycles. The molecule has 0 bridgehead atoms. The molecule has 0 spiro atoms. The van der Waals surface area contributed by atoms with Gasteiger partial charge in [0.05, 0.1) is 5.56 Å². The first-order valence-electron chi connectivity index (χ1n) is 8.29. The molecule has 0 saturated carbocycles. The molecule has 132 valence electrons. The molecule has 0 saturated heterocycles. The minimum absolute atomic E-state index is 0.212. The van der Waals surface area contributed by atoms with Crippen LogP contribution in [0.2, 0.25) is 0 Å². The summed E-state index contributed by atoms with van der Waals surface area (Å²) in [6.45, 7) is 0.0951. The lowest BCUT2D eigenvalue weighted by Gasteiger charge is -2.11. The van der Waals surface area contributed by atoms with Crippen LogP contribution in [0.15, 0.2) is 60.7 Å². The highest BCUT2D eigenvalue weighted by molar-refractivity contribution is 6.00. The van der Waals surface area contributed by atoms with E-state index in [0.29, 0.717) is 29.8 Å². The monoisotopic (exact) mass is 351 g/mol. The lowest BCUT2D eigenvalue weighted by molar-refractivity contribution is -0.123. The van der Waals surface area contributed by atoms with E-state index in [9.17, 15) is 14.0 Å². The van der Waals surface area contributed by atoms with E-state index in [-0.39, 0.29) is 18.3 Å². The van der Waals surface area contributed by atoms with Gasteiger partial charge in [0.25, 0.3) is 5.91 Å². The van der Waals surface area contributed by atoms with E-state index in [4.69, 9.17) is 4.74 Å². The van der Waals surface area contributed by atoms with Gasteiger partial charge in [-0.3, -0.25) is 9.59 Å². The number of hydrogen-bond donors (Lipinski definition) is 1. The average molecular weight is 351 g/mol. The van der Waals surface area contributed by atoms with E-state index in [1.807, 2.05) is 30.3 Å². The van der Waals surface area contributed by atoms with Crippen LogP contribution in [-0.2, 0) is 11.2 Å². The van der Waals surface area contributed by atoms with E-state index in [1.54, 1.807) is 24.3 Å². The number of nitrogens with one attached hydrogen (secondary N) is 1. The van der Waals surface area contributed by atoms with Crippen molar-refractivity contribution in [3.63, 3.8) is 0 Å². The molecule has 26 heavy (non-hydrogen) atoms. The van der Waals surface area contributed by atoms with Crippen LogP contribution in [0.3, 0.4) is 0 Å². The van der Waals surface area contributed by atoms with Crippen molar-refractivity contribution in [1.29, 1.82) is 0 Å². The van der Waals surface area contributed by atoms with Crippen molar-refractivity contribution in [2.45, 2.75) is 6.42 Å². The predicted molar refractivity (Wildman–Crippen MR) is 97.9 cm³/mol. The third-order valence-corrected chi connectivity index (χ3v) is 4.08. The number of rotatable bonds is 7. The van der Waals surface area contributed by atoms with Gasteiger partial charge in [0.15, 0.2) is 12.9 Å². The molecule has 1 N–H and O–H groups in total. The maximum absolute atomic E-state index is 13.5. The Hall–Kier alpha value is -3.21. The number of amides is 1. The van der Waals surface area contributed by atoms with Gasteiger partial charge in [-0.25, -0.2) is 4.39 Å². The maximum atomic E-state index is 13.5. The Labute approximate surface area is 150 Å². The smallest absolute Gasteiger partial charge is 0.257 e. The lowest BCUT2D eigenvalue weighted by Crippen LogP contribution is -2.30. The molecule has 1 amide bonds. The van der Waals surface area contributed by atoms with Crippen LogP contribution in [0.1, 0.15) is 15.9 Å². The summed E-state index contributed by atoms with van der Waals surface area (Å²) in [5, 5.41) is 4.39. The van der Waals surface area contributed by atoms with Gasteiger partial charge in [-0.15, -0.1) is 0 Å². The predicted octanol–water partition coefficient (Wildman–Crippen LogP) is 3.53. The van der Waals surface area contributed by atoms with Crippen molar-refractivity contribution in [3.8, 4) is 5.75 Å². The fourth-order valence-electron chi connectivity index (χ4n) is 2.76. The zero-order valence-electron chi connectivity index (χ0n) is 14.1. The number of halogens is 1. The second kappa shape index (κ2) is 8.25. The summed E-state index contributed by atoms with van der Waals surface area (Å²) in [5.41, 5.74) is 0.966. The van der Waals surface area contributed by atoms with E-state index < -0.39 is 0 Å². The molecule has 3 aromatic carbocycles. The molecule has 3 rings (SSSR count). The van der Waals surface area contributed by atoms with E-state index in [1.165, 1.54) is 6.07 Å². The van der Waals surface area contributed by atoms with Gasteiger partial charge in [0.2, 0.25) is 0 Å². The van der Waals surface area contributed by atoms with Crippen LogP contribution in [0, 0.1) is 5.82 Å². The maximum Gasteiger partial charge on any atom is 0.257 e. The third-order valence-electron chi connectivity index (χ3n) is 4.08. The quantitative estimate of drug-likeness (QED) is 0.663. The summed E-state index contributed by atoms with van der Waals surface area (Å²) < 4.78 is 19.0. The number of aldehydes is 1. The van der Waals surface area contributed by atoms with E-state index in [2.05, 4.69) is 5.32 Å². The summed E-state index contributed by atoms with van der Waals surface area (Å²) >= 11 is 0. The molecule has 0 heterocycles. The van der Waals surface area contributed by atoms with Crippen LogP contribution in [-0.4, -0.2) is 25.3 Å². The minimum atomic E-state index is -0.327. The van der Waals surface area contributed by atoms with Gasteiger partial charge in [0, 0.05) is 6.54 Å². The summed E-state index contributed by atoms with van der Waals surface area (Å²) in [6.07, 6.45) is 1.13. The SMILES string of the molecule is O=Cc1c(OCC(=O)NCCc2ccccc2F)ccc2ccccc12. The Morgan fingerprint density at radius 3 is 2.62 bits per heavy atom. The fourth-order valence-corrected chi connectivity index (χ4v) is 2.76. The van der Waals surface area contributed by atoms with Gasteiger partial charge < -0.3 is 10.1 Å². The normalized spacial score (nSPS) is 10.5. The van der Waals surface area contributed by atoms with Crippen LogP contribution in [0.5, 0.6) is 5.75 Å². The van der Waals surface area contributed by atoms with Crippen molar-refractivity contribution in [2.75, 3.05) is 13.2 Å². The van der Waals surface area contributed by atoms with Gasteiger partial charge in [-0.2, -0.15) is 0 Å². The largest absolute Gasteiger partial charge is 0.483 e. The molecule has 0 atom stereocenters. The Morgan fingerprint density at radius 2 is 1.81 bits per heavy atom. The van der Waals surface area contributed by atoms with Gasteiger partial charge in [-0.05, 0) is 34.9 Å². The van der Waals surface area contributed by atoms with Crippen LogP contribution in [0.4, 0.5) is 4.39 Å². The number of benzene rings is 3. The summed E-state index contributed by atoms with van der Waals surface area (Å²) in [5.74, 6) is -0.251. The van der Waals surface area contributed by atoms with Gasteiger partial charge in [0.1, 0.15) is 11.6 Å². The van der Waals surface area contributed by atoms with Crippen molar-refractivity contribution in [1.82, 2.24) is 5.32 Å². The first kappa shape index (κ1) is 17.6. The second-order valence-electron chi connectivity index (χ2n) is 5.80. The fraction of sp³-hybridized carbons (Fsp3) is 0.143. The highest BCUT2D eigenvalue weighted by Gasteiger charge is 2.10. The Bertz CT molecular complexity index is 939. The van der Waals surface area contributed by atoms with Gasteiger partial charge in [-0.1, -0.05) is 48.5 Å². The molecule has 0 aliphatic carbocycles. The third kappa shape index (κ3) is 4.06. The highest BCUT2D eigenvalue weighted by Crippen LogP contribution is 2.26. The highest BCUT2D eigenvalue weighted by atomic mass is 19.1. The summed E-state index contributed by atoms with van der Waals surface area (Å²) in [6, 6.07) is 17.4. The van der Waals surface area contributed by atoms with Crippen molar-refractivity contribution in [2.24, 2.45) is 0 Å². The number of hydrogen-bond acceptors (Lipinski definition) is 3. The second-order valence-corrected chi connectivity index (χ2v) is 5.80.